The molecule has 0 spiro atoms. The maximum absolute atomic E-state index is 2.39. The predicted molar refractivity (Wildman–Crippen MR) is 171 cm³/mol. The van der Waals surface area contributed by atoms with Gasteiger partial charge in [-0.3, -0.25) is 0 Å². The summed E-state index contributed by atoms with van der Waals surface area (Å²) in [6, 6.07) is 34.2. The van der Waals surface area contributed by atoms with E-state index in [9.17, 15) is 0 Å². The Balaban J connectivity index is 1.41. The molecule has 0 aliphatic rings. The van der Waals surface area contributed by atoms with Gasteiger partial charge in [0.05, 0.1) is 0 Å². The van der Waals surface area contributed by atoms with Crippen molar-refractivity contribution in [3.63, 3.8) is 0 Å². The minimum absolute atomic E-state index is 1.30. The molecule has 0 unspecified atom stereocenters. The third-order valence-electron chi connectivity index (χ3n) is 8.21. The molecule has 0 aliphatic heterocycles. The molecule has 0 saturated carbocycles. The Labute approximate surface area is 229 Å². The standard InChI is InChI=1S/C36H53P/c1-2-3-4-5-6-7-8-9-10-11-12-13-14-15-16-26-33-37(34-27-20-17-21-28-34,35-29-22-18-23-30-35)36-31-24-19-25-32-36/h17-25,27-32,37H,2-16,26,33H2,1H3. The summed E-state index contributed by atoms with van der Waals surface area (Å²) in [6.45, 7) is 2.30. The molecule has 0 N–H and O–H groups in total. The third-order valence-corrected chi connectivity index (χ3v) is 13.3. The van der Waals surface area contributed by atoms with Gasteiger partial charge in [0.2, 0.25) is 0 Å². The van der Waals surface area contributed by atoms with Gasteiger partial charge in [-0.25, -0.2) is 0 Å². The van der Waals surface area contributed by atoms with E-state index in [1.807, 2.05) is 0 Å². The molecular weight excluding hydrogens is 463 g/mol. The van der Waals surface area contributed by atoms with Crippen molar-refractivity contribution in [1.29, 1.82) is 0 Å². The summed E-state index contributed by atoms with van der Waals surface area (Å²) in [7, 11) is -2.03. The molecule has 37 heavy (non-hydrogen) atoms. The van der Waals surface area contributed by atoms with E-state index in [2.05, 4.69) is 97.9 Å². The Bertz CT molecular complexity index is 822. The van der Waals surface area contributed by atoms with Crippen LogP contribution in [0.25, 0.3) is 0 Å². The van der Waals surface area contributed by atoms with Gasteiger partial charge in [-0.05, 0) is 0 Å². The Kier molecular flexibility index (Phi) is 14.7. The second-order valence-electron chi connectivity index (χ2n) is 11.1. The molecule has 202 valence electrons. The number of rotatable bonds is 20. The Morgan fingerprint density at radius 3 is 0.919 bits per heavy atom. The minimum atomic E-state index is -2.03. The van der Waals surface area contributed by atoms with E-state index < -0.39 is 7.26 Å². The average molecular weight is 517 g/mol. The Morgan fingerprint density at radius 2 is 0.622 bits per heavy atom. The summed E-state index contributed by atoms with van der Waals surface area (Å²) in [5.41, 5.74) is 0. The van der Waals surface area contributed by atoms with E-state index >= 15 is 0 Å². The van der Waals surface area contributed by atoms with Crippen LogP contribution in [0, 0.1) is 0 Å². The molecule has 3 aromatic carbocycles. The van der Waals surface area contributed by atoms with Crippen molar-refractivity contribution >= 4 is 23.2 Å². The molecule has 0 heterocycles. The summed E-state index contributed by atoms with van der Waals surface area (Å²) in [4.78, 5) is 0. The van der Waals surface area contributed by atoms with Gasteiger partial charge in [0.25, 0.3) is 0 Å². The van der Waals surface area contributed by atoms with Crippen LogP contribution in [0.3, 0.4) is 0 Å². The quantitative estimate of drug-likeness (QED) is 0.103. The first-order valence-electron chi connectivity index (χ1n) is 15.5. The normalized spacial score (nSPS) is 12.0. The van der Waals surface area contributed by atoms with Crippen molar-refractivity contribution in [1.82, 2.24) is 0 Å². The Hall–Kier alpha value is -1.91. The van der Waals surface area contributed by atoms with Crippen LogP contribution in [0.4, 0.5) is 0 Å². The summed E-state index contributed by atoms with van der Waals surface area (Å²) in [5, 5.41) is 4.65. The number of hydrogen-bond donors (Lipinski definition) is 0. The van der Waals surface area contributed by atoms with Gasteiger partial charge in [0.15, 0.2) is 0 Å². The summed E-state index contributed by atoms with van der Waals surface area (Å²) in [6.07, 6.45) is 24.1. The average Bonchev–Trinajstić information content (AvgIpc) is 2.96. The van der Waals surface area contributed by atoms with Crippen molar-refractivity contribution in [2.24, 2.45) is 0 Å². The van der Waals surface area contributed by atoms with Crippen LogP contribution in [0.5, 0.6) is 0 Å². The molecule has 1 heteroatoms. The molecular formula is C36H53P. The molecule has 0 fully saturated rings. The molecule has 0 aliphatic carbocycles. The van der Waals surface area contributed by atoms with E-state index in [1.54, 1.807) is 15.9 Å². The fourth-order valence-electron chi connectivity index (χ4n) is 6.04. The monoisotopic (exact) mass is 516 g/mol. The van der Waals surface area contributed by atoms with E-state index in [-0.39, 0.29) is 0 Å². The topological polar surface area (TPSA) is 0 Å². The Morgan fingerprint density at radius 1 is 0.351 bits per heavy atom. The third kappa shape index (κ3) is 10.1. The first kappa shape index (κ1) is 29.6. The second kappa shape index (κ2) is 18.4. The zero-order valence-electron chi connectivity index (χ0n) is 23.7. The molecule has 0 radical (unpaired) electrons. The summed E-state index contributed by atoms with van der Waals surface area (Å²) >= 11 is 0. The van der Waals surface area contributed by atoms with Crippen molar-refractivity contribution in [2.75, 3.05) is 6.16 Å². The zero-order valence-corrected chi connectivity index (χ0v) is 24.7. The second-order valence-corrected chi connectivity index (χ2v) is 15.1. The molecule has 3 aromatic rings. The van der Waals surface area contributed by atoms with E-state index in [0.717, 1.165) is 0 Å². The molecule has 0 saturated heterocycles. The van der Waals surface area contributed by atoms with E-state index in [4.69, 9.17) is 0 Å². The fraction of sp³-hybridized carbons (Fsp3) is 0.500. The maximum atomic E-state index is 2.39. The van der Waals surface area contributed by atoms with Crippen LogP contribution in [-0.2, 0) is 0 Å². The number of unbranched alkanes of at least 4 members (excludes halogenated alkanes) is 15. The van der Waals surface area contributed by atoms with Crippen molar-refractivity contribution in [2.45, 2.75) is 110 Å². The van der Waals surface area contributed by atoms with Crippen LogP contribution >= 0.6 is 7.26 Å². The molecule has 0 atom stereocenters. The molecule has 0 bridgehead atoms. The van der Waals surface area contributed by atoms with E-state index in [1.165, 1.54) is 109 Å². The van der Waals surface area contributed by atoms with Crippen LogP contribution in [0.2, 0.25) is 0 Å². The van der Waals surface area contributed by atoms with E-state index in [0.29, 0.717) is 0 Å². The molecule has 0 amide bonds. The van der Waals surface area contributed by atoms with Crippen LogP contribution < -0.4 is 15.9 Å². The van der Waals surface area contributed by atoms with Crippen LogP contribution in [0.15, 0.2) is 91.0 Å². The van der Waals surface area contributed by atoms with Crippen LogP contribution in [-0.4, -0.2) is 6.16 Å². The molecule has 0 nitrogen and oxygen atoms in total. The number of hydrogen-bond acceptors (Lipinski definition) is 0. The van der Waals surface area contributed by atoms with Gasteiger partial charge in [-0.2, -0.15) is 0 Å². The number of benzene rings is 3. The van der Waals surface area contributed by atoms with Gasteiger partial charge >= 0.3 is 191 Å². The first-order chi connectivity index (χ1) is 18.4. The molecule has 0 aromatic heterocycles. The van der Waals surface area contributed by atoms with Gasteiger partial charge in [0, 0.05) is 0 Å². The zero-order chi connectivity index (χ0) is 25.9. The first-order valence-corrected chi connectivity index (χ1v) is 17.7. The SMILES string of the molecule is CCCCCCCCCCCCCCCCCC[PH](c1ccccc1)(c1ccccc1)c1ccccc1. The fourth-order valence-corrected chi connectivity index (χ4v) is 11.0. The predicted octanol–water partition coefficient (Wildman–Crippen LogP) is 9.97. The van der Waals surface area contributed by atoms with Crippen molar-refractivity contribution in [3.05, 3.63) is 91.0 Å². The van der Waals surface area contributed by atoms with Crippen LogP contribution in [0.1, 0.15) is 110 Å². The van der Waals surface area contributed by atoms with Gasteiger partial charge in [-0.1, -0.05) is 39.0 Å². The van der Waals surface area contributed by atoms with Crippen molar-refractivity contribution in [3.8, 4) is 0 Å². The molecule has 3 rings (SSSR count). The van der Waals surface area contributed by atoms with Gasteiger partial charge in [0.1, 0.15) is 0 Å². The summed E-state index contributed by atoms with van der Waals surface area (Å²) in [5.74, 6) is 0. The van der Waals surface area contributed by atoms with Gasteiger partial charge in [-0.15, -0.1) is 0 Å². The summed E-state index contributed by atoms with van der Waals surface area (Å²) < 4.78 is 0. The van der Waals surface area contributed by atoms with Crippen molar-refractivity contribution < 1.29 is 0 Å². The van der Waals surface area contributed by atoms with Gasteiger partial charge < -0.3 is 0 Å².